The molecule has 3 nitrogen and oxygen atoms in total. The number of anilines is 1. The third-order valence-electron chi connectivity index (χ3n) is 1.97. The van der Waals surface area contributed by atoms with Crippen LogP contribution >= 0.6 is 11.8 Å². The number of sulfone groups is 1. The fourth-order valence-electron chi connectivity index (χ4n) is 1.29. The summed E-state index contributed by atoms with van der Waals surface area (Å²) in [5.74, 6) is -0.179. The van der Waals surface area contributed by atoms with Gasteiger partial charge in [0.15, 0.2) is 9.84 Å². The second-order valence-corrected chi connectivity index (χ2v) is 6.63. The molecule has 0 fully saturated rings. The lowest BCUT2D eigenvalue weighted by atomic mass is 10.3. The van der Waals surface area contributed by atoms with E-state index < -0.39 is 15.3 Å². The van der Waals surface area contributed by atoms with Gasteiger partial charge in [-0.3, -0.25) is 0 Å². The molecule has 1 aromatic carbocycles. The van der Waals surface area contributed by atoms with Gasteiger partial charge in [0, 0.05) is 18.6 Å². The van der Waals surface area contributed by atoms with Crippen LogP contribution in [0.4, 0.5) is 18.9 Å². The van der Waals surface area contributed by atoms with Crippen molar-refractivity contribution in [1.29, 1.82) is 0 Å². The smallest absolute Gasteiger partial charge is 0.383 e. The summed E-state index contributed by atoms with van der Waals surface area (Å²) in [6, 6.07) is 6.11. The molecular formula is C10H12F3NO2S2. The van der Waals surface area contributed by atoms with Crippen LogP contribution in [0.1, 0.15) is 0 Å². The predicted molar refractivity (Wildman–Crippen MR) is 66.6 cm³/mol. The molecule has 0 spiro atoms. The van der Waals surface area contributed by atoms with Crippen molar-refractivity contribution >= 4 is 27.3 Å². The molecule has 102 valence electrons. The van der Waals surface area contributed by atoms with E-state index in [1.165, 1.54) is 12.1 Å². The molecular weight excluding hydrogens is 287 g/mol. The summed E-state index contributed by atoms with van der Waals surface area (Å²) in [5.41, 5.74) is -3.94. The van der Waals surface area contributed by atoms with Gasteiger partial charge >= 0.3 is 5.51 Å². The molecule has 0 atom stereocenters. The first-order chi connectivity index (χ1) is 8.20. The maximum absolute atomic E-state index is 11.9. The highest BCUT2D eigenvalue weighted by Gasteiger charge is 2.27. The number of halogens is 3. The van der Waals surface area contributed by atoms with Crippen molar-refractivity contribution in [3.8, 4) is 0 Å². The van der Waals surface area contributed by atoms with Crippen LogP contribution in [0, 0.1) is 0 Å². The van der Waals surface area contributed by atoms with Crippen molar-refractivity contribution in [2.24, 2.45) is 0 Å². The molecule has 0 saturated carbocycles. The van der Waals surface area contributed by atoms with Gasteiger partial charge in [-0.1, -0.05) is 12.1 Å². The molecule has 1 rings (SSSR count). The van der Waals surface area contributed by atoms with E-state index in [1.807, 2.05) is 0 Å². The lowest BCUT2D eigenvalue weighted by Crippen LogP contribution is -2.11. The van der Waals surface area contributed by atoms with Gasteiger partial charge in [-0.05, 0) is 23.9 Å². The van der Waals surface area contributed by atoms with Crippen LogP contribution < -0.4 is 5.32 Å². The Morgan fingerprint density at radius 3 is 2.44 bits per heavy atom. The van der Waals surface area contributed by atoms with Gasteiger partial charge in [0.25, 0.3) is 0 Å². The first kappa shape index (κ1) is 15.2. The Hall–Kier alpha value is -0.890. The monoisotopic (exact) mass is 299 g/mol. The molecule has 18 heavy (non-hydrogen) atoms. The average molecular weight is 299 g/mol. The fraction of sp³-hybridized carbons (Fsp3) is 0.400. The van der Waals surface area contributed by atoms with Crippen LogP contribution in [0.25, 0.3) is 0 Å². The van der Waals surface area contributed by atoms with E-state index in [2.05, 4.69) is 5.32 Å². The zero-order valence-corrected chi connectivity index (χ0v) is 11.1. The number of benzene rings is 1. The summed E-state index contributed by atoms with van der Waals surface area (Å²) in [7, 11) is -3.39. The highest BCUT2D eigenvalue weighted by molar-refractivity contribution is 8.00. The van der Waals surface area contributed by atoms with E-state index in [0.29, 0.717) is 5.69 Å². The molecule has 0 aliphatic heterocycles. The van der Waals surface area contributed by atoms with Crippen molar-refractivity contribution in [3.63, 3.8) is 0 Å². The number of hydrogen-bond donors (Lipinski definition) is 1. The van der Waals surface area contributed by atoms with E-state index in [-0.39, 0.29) is 29.0 Å². The number of rotatable bonds is 5. The normalized spacial score (nSPS) is 12.4. The predicted octanol–water partition coefficient (Wildman–Crippen LogP) is 2.76. The minimum atomic E-state index is -4.27. The van der Waals surface area contributed by atoms with Gasteiger partial charge in [-0.2, -0.15) is 13.2 Å². The largest absolute Gasteiger partial charge is 0.441 e. The van der Waals surface area contributed by atoms with Gasteiger partial charge in [-0.15, -0.1) is 0 Å². The topological polar surface area (TPSA) is 46.2 Å². The maximum atomic E-state index is 11.9. The van der Waals surface area contributed by atoms with Gasteiger partial charge in [-0.25, -0.2) is 8.42 Å². The Balaban J connectivity index is 2.64. The first-order valence-corrected chi connectivity index (χ1v) is 7.81. The van der Waals surface area contributed by atoms with Crippen LogP contribution in [0.15, 0.2) is 29.2 Å². The minimum absolute atomic E-state index is 0.0384. The van der Waals surface area contributed by atoms with E-state index in [4.69, 9.17) is 0 Å². The summed E-state index contributed by atoms with van der Waals surface area (Å²) < 4.78 is 58.5. The minimum Gasteiger partial charge on any atom is -0.383 e. The zero-order chi connectivity index (χ0) is 13.8. The summed E-state index contributed by atoms with van der Waals surface area (Å²) in [5, 5.41) is 2.69. The number of alkyl halides is 3. The van der Waals surface area contributed by atoms with Crippen molar-refractivity contribution in [2.45, 2.75) is 10.4 Å². The molecule has 0 amide bonds. The Morgan fingerprint density at radius 1 is 1.28 bits per heavy atom. The van der Waals surface area contributed by atoms with Crippen LogP contribution in [0.5, 0.6) is 0 Å². The molecule has 1 aromatic rings. The van der Waals surface area contributed by atoms with Gasteiger partial charge in [0.05, 0.1) is 10.6 Å². The van der Waals surface area contributed by atoms with E-state index in [9.17, 15) is 21.6 Å². The van der Waals surface area contributed by atoms with E-state index in [1.54, 1.807) is 12.1 Å². The Bertz CT molecular complexity index is 500. The summed E-state index contributed by atoms with van der Waals surface area (Å²) in [6.07, 6.45) is 1.05. The van der Waals surface area contributed by atoms with Gasteiger partial charge in [0.2, 0.25) is 0 Å². The van der Waals surface area contributed by atoms with Crippen LogP contribution in [0.3, 0.4) is 0 Å². The Morgan fingerprint density at radius 2 is 1.89 bits per heavy atom. The summed E-state index contributed by atoms with van der Waals surface area (Å²) in [4.78, 5) is 0.0852. The van der Waals surface area contributed by atoms with Crippen LogP contribution in [-0.4, -0.2) is 32.5 Å². The maximum Gasteiger partial charge on any atom is 0.441 e. The second-order valence-electron chi connectivity index (χ2n) is 3.49. The van der Waals surface area contributed by atoms with E-state index >= 15 is 0 Å². The molecule has 0 aromatic heterocycles. The molecule has 0 bridgehead atoms. The van der Waals surface area contributed by atoms with E-state index in [0.717, 1.165) is 6.26 Å². The first-order valence-electron chi connectivity index (χ1n) is 4.94. The Labute approximate surface area is 108 Å². The van der Waals surface area contributed by atoms with Crippen LogP contribution in [0.2, 0.25) is 0 Å². The highest BCUT2D eigenvalue weighted by Crippen LogP contribution is 2.30. The van der Waals surface area contributed by atoms with Gasteiger partial charge < -0.3 is 5.32 Å². The molecule has 1 N–H and O–H groups in total. The number of para-hydroxylation sites is 1. The standard InChI is InChI=1S/C10H12F3NO2S2/c1-18(15,16)9-5-3-2-4-8(9)14-6-7-17-10(11,12)13/h2-5,14H,6-7H2,1H3. The molecule has 0 aliphatic rings. The molecule has 0 unspecified atom stereocenters. The van der Waals surface area contributed by atoms with Crippen molar-refractivity contribution in [3.05, 3.63) is 24.3 Å². The quantitative estimate of drug-likeness (QED) is 0.849. The molecule has 8 heteroatoms. The summed E-state index contributed by atoms with van der Waals surface area (Å²) >= 11 is -0.146. The molecule has 0 aliphatic carbocycles. The SMILES string of the molecule is CS(=O)(=O)c1ccccc1NCCSC(F)(F)F. The average Bonchev–Trinajstić information content (AvgIpc) is 2.22. The number of nitrogens with one attached hydrogen (secondary N) is 1. The molecule has 0 radical (unpaired) electrons. The number of hydrogen-bond acceptors (Lipinski definition) is 4. The lowest BCUT2D eigenvalue weighted by Gasteiger charge is -2.11. The van der Waals surface area contributed by atoms with Crippen molar-refractivity contribution in [2.75, 3.05) is 23.9 Å². The van der Waals surface area contributed by atoms with Gasteiger partial charge in [0.1, 0.15) is 0 Å². The number of thioether (sulfide) groups is 1. The summed E-state index contributed by atoms with van der Waals surface area (Å²) in [6.45, 7) is 0.0384. The van der Waals surface area contributed by atoms with Crippen LogP contribution in [-0.2, 0) is 9.84 Å². The van der Waals surface area contributed by atoms with Crippen molar-refractivity contribution < 1.29 is 21.6 Å². The fourth-order valence-corrected chi connectivity index (χ4v) is 2.59. The molecule has 0 saturated heterocycles. The second kappa shape index (κ2) is 5.83. The highest BCUT2D eigenvalue weighted by atomic mass is 32.2. The zero-order valence-electron chi connectivity index (χ0n) is 9.49. The Kier molecular flexibility index (Phi) is 4.92. The molecule has 0 heterocycles. The third-order valence-corrected chi connectivity index (χ3v) is 3.86. The third kappa shape index (κ3) is 5.18. The lowest BCUT2D eigenvalue weighted by molar-refractivity contribution is -0.0327. The van der Waals surface area contributed by atoms with Crippen molar-refractivity contribution in [1.82, 2.24) is 0 Å².